The van der Waals surface area contributed by atoms with Crippen LogP contribution in [-0.4, -0.2) is 57.0 Å². The van der Waals surface area contributed by atoms with Crippen LogP contribution in [0.2, 0.25) is 0 Å². The highest BCUT2D eigenvalue weighted by Crippen LogP contribution is 2.21. The Balaban J connectivity index is 1.62. The molecule has 0 spiro atoms. The molecule has 1 saturated heterocycles. The van der Waals surface area contributed by atoms with Crippen molar-refractivity contribution in [1.29, 1.82) is 0 Å². The van der Waals surface area contributed by atoms with Crippen molar-refractivity contribution in [3.8, 4) is 0 Å². The molecule has 3 rings (SSSR count). The summed E-state index contributed by atoms with van der Waals surface area (Å²) in [4.78, 5) is 32.7. The number of hydrogen-bond donors (Lipinski definition) is 2. The van der Waals surface area contributed by atoms with Crippen LogP contribution in [-0.2, 0) is 15.8 Å². The topological polar surface area (TPSA) is 109 Å². The Morgan fingerprint density at radius 2 is 2.10 bits per heavy atom. The first-order valence-corrected chi connectivity index (χ1v) is 11.0. The van der Waals surface area contributed by atoms with E-state index in [0.717, 1.165) is 12.0 Å². The summed E-state index contributed by atoms with van der Waals surface area (Å²) in [7, 11) is 0.241. The third kappa shape index (κ3) is 5.03. The van der Waals surface area contributed by atoms with Crippen LogP contribution >= 0.6 is 0 Å². The monoisotopic (exact) mass is 429 g/mol. The van der Waals surface area contributed by atoms with Gasteiger partial charge in [-0.1, -0.05) is 12.1 Å². The van der Waals surface area contributed by atoms with Crippen molar-refractivity contribution in [2.45, 2.75) is 37.2 Å². The largest absolute Gasteiger partial charge is 0.364 e. The average molecular weight is 430 g/mol. The maximum Gasteiger partial charge on any atom is 0.255 e. The summed E-state index contributed by atoms with van der Waals surface area (Å²) in [6.45, 7) is 4.66. The zero-order valence-corrected chi connectivity index (χ0v) is 18.2. The third-order valence-corrected chi connectivity index (χ3v) is 6.18. The molecule has 3 N–H and O–H groups in total. The highest BCUT2D eigenvalue weighted by atomic mass is 32.2. The molecule has 1 fully saturated rings. The van der Waals surface area contributed by atoms with Crippen LogP contribution in [0.5, 0.6) is 0 Å². The van der Waals surface area contributed by atoms with Crippen molar-refractivity contribution in [3.05, 3.63) is 53.7 Å². The van der Waals surface area contributed by atoms with E-state index in [9.17, 15) is 13.8 Å². The van der Waals surface area contributed by atoms with Crippen LogP contribution in [0.25, 0.3) is 0 Å². The van der Waals surface area contributed by atoms with E-state index in [1.54, 1.807) is 47.3 Å². The Morgan fingerprint density at radius 3 is 2.73 bits per heavy atom. The van der Waals surface area contributed by atoms with Gasteiger partial charge in [-0.15, -0.1) is 0 Å². The van der Waals surface area contributed by atoms with Gasteiger partial charge in [-0.05, 0) is 43.2 Å². The molecular weight excluding hydrogens is 402 g/mol. The third-order valence-electron chi connectivity index (χ3n) is 5.46. The molecular formula is C21H27N5O3S. The molecule has 2 aromatic rings. The first-order valence-electron chi connectivity index (χ1n) is 9.77. The van der Waals surface area contributed by atoms with Gasteiger partial charge in [0.1, 0.15) is 16.8 Å². The van der Waals surface area contributed by atoms with Crippen LogP contribution in [0.4, 0.5) is 5.82 Å². The highest BCUT2D eigenvalue weighted by molar-refractivity contribution is 7.82. The molecule has 1 unspecified atom stereocenters. The first kappa shape index (κ1) is 21.9. The number of aromatic nitrogens is 1. The number of likely N-dealkylation sites (N-methyl/N-ethyl adjacent to an activating group) is 1. The van der Waals surface area contributed by atoms with Crippen molar-refractivity contribution in [2.24, 2.45) is 5.14 Å². The molecule has 0 aliphatic carbocycles. The van der Waals surface area contributed by atoms with E-state index in [2.05, 4.69) is 10.3 Å². The summed E-state index contributed by atoms with van der Waals surface area (Å²) < 4.78 is 11.5. The molecule has 0 bridgehead atoms. The van der Waals surface area contributed by atoms with E-state index in [1.807, 2.05) is 19.1 Å². The van der Waals surface area contributed by atoms with Gasteiger partial charge in [0.05, 0.1) is 16.5 Å². The van der Waals surface area contributed by atoms with Crippen LogP contribution in [0.15, 0.2) is 47.5 Å². The Kier molecular flexibility index (Phi) is 6.84. The van der Waals surface area contributed by atoms with Gasteiger partial charge in [0.2, 0.25) is 5.91 Å². The van der Waals surface area contributed by atoms with Gasteiger partial charge in [0.15, 0.2) is 0 Å². The quantitative estimate of drug-likeness (QED) is 0.729. The van der Waals surface area contributed by atoms with Crippen molar-refractivity contribution in [3.63, 3.8) is 0 Å². The summed E-state index contributed by atoms with van der Waals surface area (Å²) in [5, 5.41) is 8.73. The zero-order chi connectivity index (χ0) is 21.8. The first-order chi connectivity index (χ1) is 14.3. The van der Waals surface area contributed by atoms with E-state index in [-0.39, 0.29) is 23.9 Å². The fourth-order valence-electron chi connectivity index (χ4n) is 3.50. The number of rotatable bonds is 6. The molecule has 2 heterocycles. The number of anilines is 1. The van der Waals surface area contributed by atoms with Gasteiger partial charge in [0, 0.05) is 39.3 Å². The molecule has 1 aliphatic heterocycles. The summed E-state index contributed by atoms with van der Waals surface area (Å²) >= 11 is 0. The normalized spacial score (nSPS) is 18.0. The predicted molar refractivity (Wildman–Crippen MR) is 116 cm³/mol. The van der Waals surface area contributed by atoms with Gasteiger partial charge in [-0.25, -0.2) is 14.3 Å². The minimum Gasteiger partial charge on any atom is -0.364 e. The number of hydrogen-bond acceptors (Lipinski definition) is 5. The van der Waals surface area contributed by atoms with Crippen LogP contribution in [0, 0.1) is 0 Å². The summed E-state index contributed by atoms with van der Waals surface area (Å²) in [6, 6.07) is 10.8. The Bertz CT molecular complexity index is 950. The van der Waals surface area contributed by atoms with Crippen molar-refractivity contribution in [1.82, 2.24) is 14.8 Å². The zero-order valence-electron chi connectivity index (χ0n) is 17.4. The van der Waals surface area contributed by atoms with Crippen molar-refractivity contribution < 1.29 is 13.8 Å². The molecule has 9 heteroatoms. The second-order valence-corrected chi connectivity index (χ2v) is 8.56. The van der Waals surface area contributed by atoms with Crippen molar-refractivity contribution >= 4 is 28.6 Å². The van der Waals surface area contributed by atoms with Gasteiger partial charge < -0.3 is 15.1 Å². The Morgan fingerprint density at radius 1 is 1.33 bits per heavy atom. The minimum atomic E-state index is -1.53. The molecule has 1 aliphatic rings. The average Bonchev–Trinajstić information content (AvgIpc) is 3.23. The lowest BCUT2D eigenvalue weighted by molar-refractivity contribution is -0.129. The highest BCUT2D eigenvalue weighted by Gasteiger charge is 2.30. The summed E-state index contributed by atoms with van der Waals surface area (Å²) in [5.41, 5.74) is 1.45. The second-order valence-electron chi connectivity index (χ2n) is 7.49. The predicted octanol–water partition coefficient (Wildman–Crippen LogP) is 1.93. The number of carbonyl (C=O) groups excluding carboxylic acids is 2. The smallest absolute Gasteiger partial charge is 0.255 e. The number of likely N-dealkylation sites (tertiary alicyclic amines) is 1. The number of carbonyl (C=O) groups is 2. The SMILES string of the molecule is CC(=O)N(C)[C@H]1CCN(C(=O)c2ccc(N[C@@H](C)c3cccc(S(N)=O)c3)nc2)C1. The molecule has 30 heavy (non-hydrogen) atoms. The lowest BCUT2D eigenvalue weighted by atomic mass is 10.1. The number of nitrogens with zero attached hydrogens (tertiary/aromatic N) is 3. The number of nitrogens with two attached hydrogens (primary N) is 1. The fourth-order valence-corrected chi connectivity index (χ4v) is 3.97. The van der Waals surface area contributed by atoms with Gasteiger partial charge >= 0.3 is 0 Å². The molecule has 2 amide bonds. The van der Waals surface area contributed by atoms with Crippen LogP contribution < -0.4 is 10.5 Å². The van der Waals surface area contributed by atoms with E-state index >= 15 is 0 Å². The van der Waals surface area contributed by atoms with E-state index in [0.29, 0.717) is 29.4 Å². The number of pyridine rings is 1. The fraction of sp³-hybridized carbons (Fsp3) is 0.381. The molecule has 0 radical (unpaired) electrons. The Hall–Kier alpha value is -2.78. The number of nitrogens with one attached hydrogen (secondary N) is 1. The van der Waals surface area contributed by atoms with Crippen LogP contribution in [0.3, 0.4) is 0 Å². The second kappa shape index (κ2) is 9.36. The van der Waals surface area contributed by atoms with Crippen LogP contribution in [0.1, 0.15) is 42.2 Å². The van der Waals surface area contributed by atoms with E-state index < -0.39 is 11.0 Å². The number of benzene rings is 1. The molecule has 8 nitrogen and oxygen atoms in total. The summed E-state index contributed by atoms with van der Waals surface area (Å²) in [6.07, 6.45) is 2.34. The lowest BCUT2D eigenvalue weighted by Gasteiger charge is -2.23. The van der Waals surface area contributed by atoms with Crippen molar-refractivity contribution in [2.75, 3.05) is 25.5 Å². The molecule has 3 atom stereocenters. The number of amides is 2. The lowest BCUT2D eigenvalue weighted by Crippen LogP contribution is -2.38. The molecule has 1 aromatic heterocycles. The van der Waals surface area contributed by atoms with E-state index in [4.69, 9.17) is 5.14 Å². The Labute approximate surface area is 179 Å². The summed E-state index contributed by atoms with van der Waals surface area (Å²) in [5.74, 6) is 0.553. The maximum absolute atomic E-state index is 12.8. The maximum atomic E-state index is 12.8. The van der Waals surface area contributed by atoms with Gasteiger partial charge in [0.25, 0.3) is 5.91 Å². The molecule has 0 saturated carbocycles. The molecule has 160 valence electrons. The van der Waals surface area contributed by atoms with E-state index in [1.165, 1.54) is 6.92 Å². The minimum absolute atomic E-state index is 0.00348. The standard InChI is InChI=1S/C21H27N5O3S/c1-14(16-5-4-6-19(11-16)30(22)29)24-20-8-7-17(12-23-20)21(28)26-10-9-18(13-26)25(3)15(2)27/h4-8,11-12,14,18H,9-10,13,22H2,1-3H3,(H,23,24)/t14-,18-,30?/m0/s1. The van der Waals surface area contributed by atoms with Gasteiger partial charge in [-0.2, -0.15) is 0 Å². The molecule has 1 aromatic carbocycles. The van der Waals surface area contributed by atoms with Gasteiger partial charge in [-0.3, -0.25) is 9.59 Å².